The minimum absolute atomic E-state index is 0.107. The van der Waals surface area contributed by atoms with Gasteiger partial charge in [0.2, 0.25) is 11.8 Å². The van der Waals surface area contributed by atoms with Crippen molar-refractivity contribution in [3.05, 3.63) is 42.0 Å². The molecule has 2 amide bonds. The zero-order chi connectivity index (χ0) is 16.1. The minimum Gasteiger partial charge on any atom is -0.339 e. The summed E-state index contributed by atoms with van der Waals surface area (Å²) in [5, 5.41) is 0. The van der Waals surface area contributed by atoms with E-state index in [0.29, 0.717) is 25.9 Å². The summed E-state index contributed by atoms with van der Waals surface area (Å²) < 4.78 is 0. The molecule has 4 nitrogen and oxygen atoms in total. The Morgan fingerprint density at radius 3 is 2.50 bits per heavy atom. The summed E-state index contributed by atoms with van der Waals surface area (Å²) in [5.41, 5.74) is 2.88. The van der Waals surface area contributed by atoms with Gasteiger partial charge in [-0.25, -0.2) is 0 Å². The molecule has 0 radical (unpaired) electrons. The lowest BCUT2D eigenvalue weighted by Gasteiger charge is -2.21. The number of likely N-dealkylation sites (N-methyl/N-ethyl adjacent to an activating group) is 1. The molecule has 118 valence electrons. The lowest BCUT2D eigenvalue weighted by Crippen LogP contribution is -2.33. The highest BCUT2D eigenvalue weighted by Crippen LogP contribution is 2.21. The molecule has 0 atom stereocenters. The van der Waals surface area contributed by atoms with Gasteiger partial charge in [0.15, 0.2) is 0 Å². The molecule has 0 saturated carbocycles. The van der Waals surface area contributed by atoms with E-state index in [-0.39, 0.29) is 11.8 Å². The smallest absolute Gasteiger partial charge is 0.227 e. The van der Waals surface area contributed by atoms with Crippen molar-refractivity contribution in [2.45, 2.75) is 33.1 Å². The van der Waals surface area contributed by atoms with Crippen molar-refractivity contribution in [3.8, 4) is 0 Å². The lowest BCUT2D eigenvalue weighted by atomic mass is 10.1. The van der Waals surface area contributed by atoms with E-state index in [2.05, 4.69) is 6.58 Å². The highest BCUT2D eigenvalue weighted by molar-refractivity contribution is 5.95. The number of nitrogens with zero attached hydrogens (tertiary/aromatic N) is 2. The summed E-state index contributed by atoms with van der Waals surface area (Å²) in [6, 6.07) is 7.74. The Bertz CT molecular complexity index is 563. The third kappa shape index (κ3) is 3.97. The number of rotatable bonds is 6. The standard InChI is InChI=1S/C18H24N2O2/c1-4-19(13-14(2)3)18(22)12-15-7-9-16(10-8-15)20-11-5-6-17(20)21/h7-10H,2,4-6,11-13H2,1,3H3. The van der Waals surface area contributed by atoms with Crippen molar-refractivity contribution in [1.29, 1.82) is 0 Å². The number of hydrogen-bond donors (Lipinski definition) is 0. The fourth-order valence-corrected chi connectivity index (χ4v) is 2.70. The zero-order valence-electron chi connectivity index (χ0n) is 13.5. The lowest BCUT2D eigenvalue weighted by molar-refractivity contribution is -0.129. The maximum atomic E-state index is 12.3. The quantitative estimate of drug-likeness (QED) is 0.758. The number of anilines is 1. The Labute approximate surface area is 132 Å². The van der Waals surface area contributed by atoms with Crippen LogP contribution in [-0.4, -0.2) is 36.3 Å². The van der Waals surface area contributed by atoms with Crippen molar-refractivity contribution in [2.75, 3.05) is 24.5 Å². The molecule has 0 N–H and O–H groups in total. The van der Waals surface area contributed by atoms with Crippen LogP contribution in [0.3, 0.4) is 0 Å². The van der Waals surface area contributed by atoms with Gasteiger partial charge < -0.3 is 9.80 Å². The van der Waals surface area contributed by atoms with Crippen molar-refractivity contribution in [1.82, 2.24) is 4.90 Å². The van der Waals surface area contributed by atoms with Crippen LogP contribution in [0.1, 0.15) is 32.3 Å². The van der Waals surface area contributed by atoms with Crippen LogP contribution in [0.5, 0.6) is 0 Å². The molecule has 1 aliphatic rings. The van der Waals surface area contributed by atoms with Gasteiger partial charge in [0.05, 0.1) is 6.42 Å². The Morgan fingerprint density at radius 2 is 2.00 bits per heavy atom. The Kier molecular flexibility index (Phi) is 5.36. The van der Waals surface area contributed by atoms with E-state index < -0.39 is 0 Å². The van der Waals surface area contributed by atoms with Gasteiger partial charge in [0, 0.05) is 31.7 Å². The maximum Gasteiger partial charge on any atom is 0.227 e. The average molecular weight is 300 g/mol. The number of carbonyl (C=O) groups excluding carboxylic acids is 2. The molecule has 0 bridgehead atoms. The maximum absolute atomic E-state index is 12.3. The van der Waals surface area contributed by atoms with Gasteiger partial charge in [0.1, 0.15) is 0 Å². The van der Waals surface area contributed by atoms with Crippen LogP contribution in [0.25, 0.3) is 0 Å². The molecule has 2 rings (SSSR count). The van der Waals surface area contributed by atoms with Gasteiger partial charge in [-0.2, -0.15) is 0 Å². The first-order chi connectivity index (χ1) is 10.5. The first-order valence-corrected chi connectivity index (χ1v) is 7.82. The number of carbonyl (C=O) groups is 2. The molecule has 1 aromatic carbocycles. The number of hydrogen-bond acceptors (Lipinski definition) is 2. The van der Waals surface area contributed by atoms with E-state index in [4.69, 9.17) is 0 Å². The third-order valence-corrected chi connectivity index (χ3v) is 3.87. The van der Waals surface area contributed by atoms with Crippen LogP contribution in [0.15, 0.2) is 36.4 Å². The Balaban J connectivity index is 2.00. The zero-order valence-corrected chi connectivity index (χ0v) is 13.5. The summed E-state index contributed by atoms with van der Waals surface area (Å²) >= 11 is 0. The summed E-state index contributed by atoms with van der Waals surface area (Å²) in [6.07, 6.45) is 1.94. The largest absolute Gasteiger partial charge is 0.339 e. The van der Waals surface area contributed by atoms with Crippen LogP contribution in [-0.2, 0) is 16.0 Å². The van der Waals surface area contributed by atoms with Crippen molar-refractivity contribution >= 4 is 17.5 Å². The minimum atomic E-state index is 0.107. The molecule has 0 aliphatic carbocycles. The Hall–Kier alpha value is -2.10. The predicted molar refractivity (Wildman–Crippen MR) is 88.8 cm³/mol. The van der Waals surface area contributed by atoms with E-state index >= 15 is 0 Å². The van der Waals surface area contributed by atoms with E-state index in [0.717, 1.165) is 29.8 Å². The van der Waals surface area contributed by atoms with Gasteiger partial charge in [-0.3, -0.25) is 9.59 Å². The van der Waals surface area contributed by atoms with Crippen LogP contribution in [0.4, 0.5) is 5.69 Å². The Morgan fingerprint density at radius 1 is 1.32 bits per heavy atom. The molecule has 22 heavy (non-hydrogen) atoms. The first-order valence-electron chi connectivity index (χ1n) is 7.82. The second-order valence-electron chi connectivity index (χ2n) is 5.86. The van der Waals surface area contributed by atoms with Crippen molar-refractivity contribution in [2.24, 2.45) is 0 Å². The second-order valence-corrected chi connectivity index (χ2v) is 5.86. The second kappa shape index (κ2) is 7.25. The van der Waals surface area contributed by atoms with E-state index in [1.165, 1.54) is 0 Å². The predicted octanol–water partition coefficient (Wildman–Crippen LogP) is 2.78. The molecule has 1 heterocycles. The third-order valence-electron chi connectivity index (χ3n) is 3.87. The summed E-state index contributed by atoms with van der Waals surface area (Å²) in [7, 11) is 0. The van der Waals surface area contributed by atoms with Crippen LogP contribution in [0, 0.1) is 0 Å². The molecule has 0 aromatic heterocycles. The van der Waals surface area contributed by atoms with E-state index in [1.54, 1.807) is 4.90 Å². The van der Waals surface area contributed by atoms with Gasteiger partial charge in [-0.05, 0) is 38.0 Å². The number of benzene rings is 1. The average Bonchev–Trinajstić information content (AvgIpc) is 2.91. The van der Waals surface area contributed by atoms with Crippen LogP contribution in [0.2, 0.25) is 0 Å². The summed E-state index contributed by atoms with van der Waals surface area (Å²) in [6.45, 7) is 9.85. The topological polar surface area (TPSA) is 40.6 Å². The molecule has 1 fully saturated rings. The highest BCUT2D eigenvalue weighted by Gasteiger charge is 2.21. The van der Waals surface area contributed by atoms with Crippen LogP contribution >= 0.6 is 0 Å². The van der Waals surface area contributed by atoms with Gasteiger partial charge in [0.25, 0.3) is 0 Å². The van der Waals surface area contributed by atoms with E-state index in [9.17, 15) is 9.59 Å². The molecular weight excluding hydrogens is 276 g/mol. The summed E-state index contributed by atoms with van der Waals surface area (Å²) in [5.74, 6) is 0.290. The molecule has 1 saturated heterocycles. The molecule has 0 spiro atoms. The monoisotopic (exact) mass is 300 g/mol. The van der Waals surface area contributed by atoms with Gasteiger partial charge in [-0.1, -0.05) is 24.3 Å². The fourth-order valence-electron chi connectivity index (χ4n) is 2.70. The molecule has 1 aliphatic heterocycles. The van der Waals surface area contributed by atoms with Gasteiger partial charge >= 0.3 is 0 Å². The molecular formula is C18H24N2O2. The molecule has 4 heteroatoms. The van der Waals surface area contributed by atoms with Gasteiger partial charge in [-0.15, -0.1) is 0 Å². The SMILES string of the molecule is C=C(C)CN(CC)C(=O)Cc1ccc(N2CCCC2=O)cc1. The van der Waals surface area contributed by atoms with Crippen molar-refractivity contribution < 1.29 is 9.59 Å². The van der Waals surface area contributed by atoms with Crippen molar-refractivity contribution in [3.63, 3.8) is 0 Å². The fraction of sp³-hybridized carbons (Fsp3) is 0.444. The first kappa shape index (κ1) is 16.3. The highest BCUT2D eigenvalue weighted by atomic mass is 16.2. The number of amides is 2. The van der Waals surface area contributed by atoms with Crippen LogP contribution < -0.4 is 4.90 Å². The van der Waals surface area contributed by atoms with E-state index in [1.807, 2.05) is 43.0 Å². The normalized spacial score (nSPS) is 14.3. The molecule has 0 unspecified atom stereocenters. The molecule has 1 aromatic rings. The summed E-state index contributed by atoms with van der Waals surface area (Å²) in [4.78, 5) is 27.6.